The third kappa shape index (κ3) is 8.45. The first-order valence-electron chi connectivity index (χ1n) is 13.3. The van der Waals surface area contributed by atoms with E-state index in [1.54, 1.807) is 4.68 Å². The van der Waals surface area contributed by atoms with Crippen molar-refractivity contribution in [2.45, 2.75) is 137 Å². The molecule has 1 aromatic rings. The Morgan fingerprint density at radius 2 is 1.70 bits per heavy atom. The van der Waals surface area contributed by atoms with E-state index in [2.05, 4.69) is 49.8 Å². The van der Waals surface area contributed by atoms with Crippen LogP contribution in [0.15, 0.2) is 0 Å². The highest BCUT2D eigenvalue weighted by Crippen LogP contribution is 2.38. The molecule has 4 atom stereocenters. The molecule has 0 aromatic carbocycles. The lowest BCUT2D eigenvalue weighted by Gasteiger charge is -2.21. The Bertz CT molecular complexity index is 764. The van der Waals surface area contributed by atoms with Gasteiger partial charge in [-0.1, -0.05) is 90.2 Å². The molecule has 6 heteroatoms. The average Bonchev–Trinajstić information content (AvgIpc) is 3.33. The van der Waals surface area contributed by atoms with Gasteiger partial charge in [-0.05, 0) is 31.6 Å². The van der Waals surface area contributed by atoms with Crippen molar-refractivity contribution >= 4 is 5.97 Å². The van der Waals surface area contributed by atoms with E-state index in [0.29, 0.717) is 0 Å². The predicted octanol–water partition coefficient (Wildman–Crippen LogP) is 6.38. The summed E-state index contributed by atoms with van der Waals surface area (Å²) in [7, 11) is 0. The fourth-order valence-corrected chi connectivity index (χ4v) is 4.54. The second-order valence-corrected chi connectivity index (χ2v) is 9.37. The summed E-state index contributed by atoms with van der Waals surface area (Å²) >= 11 is 0. The van der Waals surface area contributed by atoms with E-state index in [-0.39, 0.29) is 24.1 Å². The molecule has 1 aliphatic rings. The third-order valence-corrected chi connectivity index (χ3v) is 6.54. The monoisotopic (exact) mass is 459 g/mol. The molecule has 1 aliphatic heterocycles. The van der Waals surface area contributed by atoms with E-state index in [4.69, 9.17) is 9.47 Å². The van der Waals surface area contributed by atoms with Gasteiger partial charge < -0.3 is 9.47 Å². The summed E-state index contributed by atoms with van der Waals surface area (Å²) in [6.07, 6.45) is 13.9. The van der Waals surface area contributed by atoms with E-state index in [9.17, 15) is 4.79 Å². The second kappa shape index (κ2) is 15.1. The Morgan fingerprint density at radius 3 is 2.33 bits per heavy atom. The van der Waals surface area contributed by atoms with Gasteiger partial charge >= 0.3 is 5.97 Å². The zero-order valence-corrected chi connectivity index (χ0v) is 21.6. The number of ether oxygens (including phenoxy) is 2. The SMILES string of the molecule is CCCCCCCC#Cc1c(CCCCCCC)nnn1[C@@H]1O[C@H](CC)[C@@H](C)[C@H]1OC(C)=O. The maximum absolute atomic E-state index is 11.8. The van der Waals surface area contributed by atoms with Crippen LogP contribution in [0.2, 0.25) is 0 Å². The number of hydrogen-bond acceptors (Lipinski definition) is 5. The Kier molecular flexibility index (Phi) is 12.5. The third-order valence-electron chi connectivity index (χ3n) is 6.54. The molecule has 0 aliphatic carbocycles. The van der Waals surface area contributed by atoms with Crippen molar-refractivity contribution in [3.8, 4) is 11.8 Å². The topological polar surface area (TPSA) is 66.2 Å². The van der Waals surface area contributed by atoms with Gasteiger partial charge in [0.2, 0.25) is 0 Å². The number of hydrogen-bond donors (Lipinski definition) is 0. The van der Waals surface area contributed by atoms with Crippen LogP contribution in [-0.2, 0) is 20.7 Å². The molecule has 186 valence electrons. The van der Waals surface area contributed by atoms with Crippen molar-refractivity contribution in [1.29, 1.82) is 0 Å². The minimum Gasteiger partial charge on any atom is -0.457 e. The summed E-state index contributed by atoms with van der Waals surface area (Å²) < 4.78 is 13.8. The van der Waals surface area contributed by atoms with Gasteiger partial charge in [0, 0.05) is 19.3 Å². The van der Waals surface area contributed by atoms with Crippen molar-refractivity contribution in [2.75, 3.05) is 0 Å². The number of aromatic nitrogens is 3. The molecule has 1 aromatic heterocycles. The molecule has 0 spiro atoms. The molecular formula is C27H45N3O3. The van der Waals surface area contributed by atoms with E-state index in [1.807, 2.05) is 0 Å². The fourth-order valence-electron chi connectivity index (χ4n) is 4.54. The first-order chi connectivity index (χ1) is 16.0. The number of nitrogens with zero attached hydrogens (tertiary/aromatic N) is 3. The summed E-state index contributed by atoms with van der Waals surface area (Å²) in [6.45, 7) is 10.1. The van der Waals surface area contributed by atoms with Crippen molar-refractivity contribution in [1.82, 2.24) is 15.0 Å². The maximum atomic E-state index is 11.8. The molecule has 0 radical (unpaired) electrons. The molecule has 1 fully saturated rings. The Balaban J connectivity index is 2.20. The largest absolute Gasteiger partial charge is 0.457 e. The van der Waals surface area contributed by atoms with Gasteiger partial charge in [-0.2, -0.15) is 0 Å². The van der Waals surface area contributed by atoms with Gasteiger partial charge in [-0.15, -0.1) is 5.10 Å². The second-order valence-electron chi connectivity index (χ2n) is 9.37. The van der Waals surface area contributed by atoms with Crippen molar-refractivity contribution < 1.29 is 14.3 Å². The van der Waals surface area contributed by atoms with Crippen molar-refractivity contribution in [3.05, 3.63) is 11.4 Å². The van der Waals surface area contributed by atoms with Crippen LogP contribution >= 0.6 is 0 Å². The quantitative estimate of drug-likeness (QED) is 0.183. The van der Waals surface area contributed by atoms with Gasteiger partial charge in [-0.25, -0.2) is 4.68 Å². The van der Waals surface area contributed by atoms with Gasteiger partial charge in [0.25, 0.3) is 0 Å². The molecule has 0 amide bonds. The van der Waals surface area contributed by atoms with Gasteiger partial charge in [-0.3, -0.25) is 4.79 Å². The summed E-state index contributed by atoms with van der Waals surface area (Å²) in [6, 6.07) is 0. The molecule has 1 saturated heterocycles. The smallest absolute Gasteiger partial charge is 0.303 e. The van der Waals surface area contributed by atoms with E-state index in [0.717, 1.165) is 43.5 Å². The van der Waals surface area contributed by atoms with Crippen LogP contribution in [0.25, 0.3) is 0 Å². The lowest BCUT2D eigenvalue weighted by atomic mass is 9.98. The molecule has 0 N–H and O–H groups in total. The lowest BCUT2D eigenvalue weighted by molar-refractivity contribution is -0.154. The Morgan fingerprint density at radius 1 is 1.03 bits per heavy atom. The van der Waals surface area contributed by atoms with Gasteiger partial charge in [0.05, 0.1) is 11.8 Å². The number of esters is 1. The highest BCUT2D eigenvalue weighted by Gasteiger charge is 2.45. The van der Waals surface area contributed by atoms with E-state index < -0.39 is 6.23 Å². The average molecular weight is 460 g/mol. The molecular weight excluding hydrogens is 414 g/mol. The fraction of sp³-hybridized carbons (Fsp3) is 0.815. The van der Waals surface area contributed by atoms with Crippen molar-refractivity contribution in [2.24, 2.45) is 5.92 Å². The van der Waals surface area contributed by atoms with Crippen LogP contribution < -0.4 is 0 Å². The standard InChI is InChI=1S/C27H45N3O3/c1-6-9-11-13-14-16-18-20-24-23(19-17-15-12-10-7-2)28-29-30(24)27-26(32-22(5)31)21(4)25(8-3)33-27/h21,25-27H,6-17,19H2,1-5H3/t21-,25-,26-,27-/m1/s1. The molecule has 2 heterocycles. The molecule has 6 nitrogen and oxygen atoms in total. The molecule has 0 bridgehead atoms. The Hall–Kier alpha value is -1.87. The zero-order valence-electron chi connectivity index (χ0n) is 21.6. The minimum atomic E-state index is -0.482. The predicted molar refractivity (Wildman–Crippen MR) is 132 cm³/mol. The summed E-state index contributed by atoms with van der Waals surface area (Å²) in [5.74, 6) is 6.52. The summed E-state index contributed by atoms with van der Waals surface area (Å²) in [5, 5.41) is 8.96. The normalized spacial score (nSPS) is 22.2. The number of carbonyl (C=O) groups is 1. The van der Waals surface area contributed by atoms with Gasteiger partial charge in [0.15, 0.2) is 12.3 Å². The van der Waals surface area contributed by atoms with Crippen LogP contribution in [0, 0.1) is 17.8 Å². The number of unbranched alkanes of at least 4 members (excludes halogenated alkanes) is 9. The number of aryl methyl sites for hydroxylation is 1. The number of carbonyl (C=O) groups excluding carboxylic acids is 1. The highest BCUT2D eigenvalue weighted by molar-refractivity contribution is 5.66. The summed E-state index contributed by atoms with van der Waals surface area (Å²) in [5.41, 5.74) is 1.76. The van der Waals surface area contributed by atoms with Crippen LogP contribution in [-0.4, -0.2) is 33.2 Å². The zero-order chi connectivity index (χ0) is 24.1. The minimum absolute atomic E-state index is 0.0143. The first-order valence-corrected chi connectivity index (χ1v) is 13.3. The van der Waals surface area contributed by atoms with Crippen LogP contribution in [0.4, 0.5) is 0 Å². The summed E-state index contributed by atoms with van der Waals surface area (Å²) in [4.78, 5) is 11.8. The van der Waals surface area contributed by atoms with Gasteiger partial charge in [0.1, 0.15) is 5.69 Å². The molecule has 33 heavy (non-hydrogen) atoms. The highest BCUT2D eigenvalue weighted by atomic mass is 16.6. The van der Waals surface area contributed by atoms with E-state index in [1.165, 1.54) is 58.3 Å². The molecule has 2 rings (SSSR count). The molecule has 0 saturated carbocycles. The van der Waals surface area contributed by atoms with Crippen LogP contribution in [0.1, 0.15) is 129 Å². The number of rotatable bonds is 14. The lowest BCUT2D eigenvalue weighted by Crippen LogP contribution is -2.30. The van der Waals surface area contributed by atoms with Crippen LogP contribution in [0.3, 0.4) is 0 Å². The maximum Gasteiger partial charge on any atom is 0.303 e. The molecule has 0 unspecified atom stereocenters. The Labute approximate surface area is 201 Å². The van der Waals surface area contributed by atoms with E-state index >= 15 is 0 Å². The van der Waals surface area contributed by atoms with Crippen LogP contribution in [0.5, 0.6) is 0 Å². The first kappa shape index (κ1) is 27.4. The van der Waals surface area contributed by atoms with Crippen molar-refractivity contribution in [3.63, 3.8) is 0 Å².